The number of ether oxygens (including phenoxy) is 1. The molecule has 0 radical (unpaired) electrons. The lowest BCUT2D eigenvalue weighted by Crippen LogP contribution is -2.20. The molecular weight excluding hydrogens is 348 g/mol. The van der Waals surface area contributed by atoms with Crippen LogP contribution in [0.5, 0.6) is 0 Å². The number of hydrogen-bond donors (Lipinski definition) is 0. The van der Waals surface area contributed by atoms with Crippen molar-refractivity contribution < 1.29 is 9.53 Å². The summed E-state index contributed by atoms with van der Waals surface area (Å²) in [4.78, 5) is 12.4. The third kappa shape index (κ3) is 3.70. The van der Waals surface area contributed by atoms with Gasteiger partial charge < -0.3 is 4.74 Å². The molecule has 0 aliphatic carbocycles. The molecule has 0 aliphatic rings. The summed E-state index contributed by atoms with van der Waals surface area (Å²) in [6.07, 6.45) is 1.31. The Balaban J connectivity index is 1.60. The summed E-state index contributed by atoms with van der Waals surface area (Å²) in [5, 5.41) is 7.43. The second-order valence-electron chi connectivity index (χ2n) is 8.64. The van der Waals surface area contributed by atoms with Gasteiger partial charge >= 0.3 is 5.97 Å². The van der Waals surface area contributed by atoms with Crippen LogP contribution in [0.1, 0.15) is 12.0 Å². The maximum atomic E-state index is 12.4. The SMILES string of the molecule is C[Si](C)(C)CCCOC(=O)Cc1ccc2ccc3cccc4ccc1c2c34. The molecule has 0 fully saturated rings. The van der Waals surface area contributed by atoms with Crippen molar-refractivity contribution in [3.8, 4) is 0 Å². The van der Waals surface area contributed by atoms with Crippen LogP contribution in [0, 0.1) is 0 Å². The van der Waals surface area contributed by atoms with E-state index in [1.165, 1.54) is 33.0 Å². The Morgan fingerprint density at radius 3 is 2.19 bits per heavy atom. The highest BCUT2D eigenvalue weighted by molar-refractivity contribution is 6.76. The Bertz CT molecular complexity index is 1090. The van der Waals surface area contributed by atoms with Crippen LogP contribution in [0.15, 0.2) is 54.6 Å². The fourth-order valence-electron chi connectivity index (χ4n) is 3.94. The van der Waals surface area contributed by atoms with Crippen molar-refractivity contribution in [2.75, 3.05) is 6.61 Å². The average Bonchev–Trinajstić information content (AvgIpc) is 2.64. The molecule has 0 aliphatic heterocycles. The Kier molecular flexibility index (Phi) is 4.64. The van der Waals surface area contributed by atoms with E-state index in [1.54, 1.807) is 0 Å². The van der Waals surface area contributed by atoms with Crippen molar-refractivity contribution in [1.82, 2.24) is 0 Å². The van der Waals surface area contributed by atoms with Gasteiger partial charge in [0, 0.05) is 8.07 Å². The molecule has 138 valence electrons. The Labute approximate surface area is 161 Å². The first-order valence-corrected chi connectivity index (χ1v) is 13.4. The minimum Gasteiger partial charge on any atom is -0.465 e. The first-order chi connectivity index (χ1) is 12.9. The highest BCUT2D eigenvalue weighted by Gasteiger charge is 2.15. The molecule has 0 aromatic heterocycles. The number of carbonyl (C=O) groups is 1. The zero-order chi connectivity index (χ0) is 19.0. The van der Waals surface area contributed by atoms with Gasteiger partial charge in [0.1, 0.15) is 0 Å². The largest absolute Gasteiger partial charge is 0.465 e. The summed E-state index contributed by atoms with van der Waals surface area (Å²) in [6, 6.07) is 20.5. The fourth-order valence-corrected chi connectivity index (χ4v) is 5.15. The minimum atomic E-state index is -1.07. The van der Waals surface area contributed by atoms with Gasteiger partial charge in [0.15, 0.2) is 0 Å². The van der Waals surface area contributed by atoms with E-state index in [1.807, 2.05) is 0 Å². The number of esters is 1. The lowest BCUT2D eigenvalue weighted by atomic mass is 9.91. The van der Waals surface area contributed by atoms with Gasteiger partial charge in [-0.3, -0.25) is 4.79 Å². The van der Waals surface area contributed by atoms with E-state index in [0.29, 0.717) is 13.0 Å². The van der Waals surface area contributed by atoms with E-state index in [4.69, 9.17) is 4.74 Å². The Morgan fingerprint density at radius 2 is 1.48 bits per heavy atom. The molecule has 27 heavy (non-hydrogen) atoms. The van der Waals surface area contributed by atoms with Crippen molar-refractivity contribution in [3.63, 3.8) is 0 Å². The molecule has 0 atom stereocenters. The maximum absolute atomic E-state index is 12.4. The van der Waals surface area contributed by atoms with Gasteiger partial charge in [-0.2, -0.15) is 0 Å². The van der Waals surface area contributed by atoms with E-state index < -0.39 is 8.07 Å². The first kappa shape index (κ1) is 18.0. The minimum absolute atomic E-state index is 0.124. The summed E-state index contributed by atoms with van der Waals surface area (Å²) < 4.78 is 5.52. The van der Waals surface area contributed by atoms with Crippen LogP contribution in [0.2, 0.25) is 25.7 Å². The normalized spacial score (nSPS) is 12.3. The second-order valence-corrected chi connectivity index (χ2v) is 14.3. The van der Waals surface area contributed by atoms with E-state index >= 15 is 0 Å². The van der Waals surface area contributed by atoms with E-state index in [0.717, 1.165) is 17.4 Å². The highest BCUT2D eigenvalue weighted by Crippen LogP contribution is 2.36. The fraction of sp³-hybridized carbons (Fsp3) is 0.292. The zero-order valence-corrected chi connectivity index (χ0v) is 17.3. The third-order valence-corrected chi connectivity index (χ3v) is 7.14. The molecule has 3 heteroatoms. The van der Waals surface area contributed by atoms with Crippen LogP contribution in [0.3, 0.4) is 0 Å². The van der Waals surface area contributed by atoms with Crippen LogP contribution in [-0.4, -0.2) is 20.7 Å². The van der Waals surface area contributed by atoms with Gasteiger partial charge in [0.2, 0.25) is 0 Å². The maximum Gasteiger partial charge on any atom is 0.310 e. The highest BCUT2D eigenvalue weighted by atomic mass is 28.3. The van der Waals surface area contributed by atoms with Gasteiger partial charge in [-0.25, -0.2) is 0 Å². The molecule has 0 unspecified atom stereocenters. The molecule has 0 saturated heterocycles. The molecule has 4 rings (SSSR count). The molecule has 0 bridgehead atoms. The Morgan fingerprint density at radius 1 is 0.852 bits per heavy atom. The van der Waals surface area contributed by atoms with Gasteiger partial charge in [-0.05, 0) is 44.3 Å². The zero-order valence-electron chi connectivity index (χ0n) is 16.3. The molecule has 0 spiro atoms. The third-order valence-electron chi connectivity index (χ3n) is 5.29. The molecule has 0 heterocycles. The monoisotopic (exact) mass is 374 g/mol. The van der Waals surface area contributed by atoms with Crippen molar-refractivity contribution in [1.29, 1.82) is 0 Å². The molecule has 0 N–H and O–H groups in total. The van der Waals surface area contributed by atoms with Crippen LogP contribution < -0.4 is 0 Å². The predicted molar refractivity (Wildman–Crippen MR) is 118 cm³/mol. The number of hydrogen-bond acceptors (Lipinski definition) is 2. The topological polar surface area (TPSA) is 26.3 Å². The molecular formula is C24H26O2Si. The number of benzene rings is 4. The molecule has 2 nitrogen and oxygen atoms in total. The second kappa shape index (κ2) is 6.97. The summed E-state index contributed by atoms with van der Waals surface area (Å²) in [5.41, 5.74) is 1.05. The van der Waals surface area contributed by atoms with Gasteiger partial charge in [0.05, 0.1) is 13.0 Å². The van der Waals surface area contributed by atoms with Crippen LogP contribution in [0.25, 0.3) is 32.3 Å². The van der Waals surface area contributed by atoms with Gasteiger partial charge in [0.25, 0.3) is 0 Å². The van der Waals surface area contributed by atoms with Gasteiger partial charge in [-0.15, -0.1) is 0 Å². The standard InChI is InChI=1S/C24H26O2Si/c1-27(2,3)15-5-14-26-22(25)16-20-11-10-19-9-8-17-6-4-7-18-12-13-21(20)24(19)23(17)18/h4,6-13H,5,14-16H2,1-3H3. The van der Waals surface area contributed by atoms with Crippen LogP contribution in [-0.2, 0) is 16.0 Å². The van der Waals surface area contributed by atoms with Crippen LogP contribution in [0.4, 0.5) is 0 Å². The smallest absolute Gasteiger partial charge is 0.310 e. The molecule has 4 aromatic rings. The molecule has 0 saturated carbocycles. The lowest BCUT2D eigenvalue weighted by Gasteiger charge is -2.15. The lowest BCUT2D eigenvalue weighted by molar-refractivity contribution is -0.142. The average molecular weight is 375 g/mol. The van der Waals surface area contributed by atoms with Crippen molar-refractivity contribution in [2.24, 2.45) is 0 Å². The summed E-state index contributed by atoms with van der Waals surface area (Å²) in [6.45, 7) is 7.58. The first-order valence-electron chi connectivity index (χ1n) is 9.73. The molecule has 4 aromatic carbocycles. The summed E-state index contributed by atoms with van der Waals surface area (Å²) >= 11 is 0. The predicted octanol–water partition coefficient (Wildman–Crippen LogP) is 6.40. The van der Waals surface area contributed by atoms with Crippen molar-refractivity contribution in [3.05, 3.63) is 60.2 Å². The van der Waals surface area contributed by atoms with E-state index in [2.05, 4.69) is 74.2 Å². The summed E-state index contributed by atoms with van der Waals surface area (Å²) in [5.74, 6) is -0.124. The van der Waals surface area contributed by atoms with E-state index in [9.17, 15) is 4.79 Å². The number of rotatable bonds is 6. The molecule has 0 amide bonds. The number of carbonyl (C=O) groups excluding carboxylic acids is 1. The van der Waals surface area contributed by atoms with Crippen LogP contribution >= 0.6 is 0 Å². The van der Waals surface area contributed by atoms with Gasteiger partial charge in [-0.1, -0.05) is 80.3 Å². The summed E-state index contributed by atoms with van der Waals surface area (Å²) in [7, 11) is -1.07. The van der Waals surface area contributed by atoms with Crippen molar-refractivity contribution >= 4 is 46.4 Å². The van der Waals surface area contributed by atoms with Crippen molar-refractivity contribution in [2.45, 2.75) is 38.5 Å². The quantitative estimate of drug-likeness (QED) is 0.169. The Hall–Kier alpha value is -2.39. The van der Waals surface area contributed by atoms with E-state index in [-0.39, 0.29) is 5.97 Å².